The van der Waals surface area contributed by atoms with Crippen molar-refractivity contribution in [1.29, 1.82) is 0 Å². The zero-order chi connectivity index (χ0) is 19.2. The molecule has 1 aromatic carbocycles. The van der Waals surface area contributed by atoms with Crippen molar-refractivity contribution in [3.05, 3.63) is 24.3 Å². The minimum atomic E-state index is 0.490. The molecule has 2 fully saturated rings. The molecular formula is C21H35N5O. The molecule has 3 rings (SSSR count). The lowest BCUT2D eigenvalue weighted by Crippen LogP contribution is -2.52. The lowest BCUT2D eigenvalue weighted by atomic mass is 10.2. The third kappa shape index (κ3) is 5.28. The SMILES string of the molecule is CCNC(=NCC(C)N(C)C1CC1)N1CCN(c2cccc(OC)c2)CC1. The van der Waals surface area contributed by atoms with Crippen LogP contribution in [0.15, 0.2) is 29.3 Å². The summed E-state index contributed by atoms with van der Waals surface area (Å²) in [5.74, 6) is 1.97. The van der Waals surface area contributed by atoms with E-state index < -0.39 is 0 Å². The third-order valence-corrected chi connectivity index (χ3v) is 5.66. The summed E-state index contributed by atoms with van der Waals surface area (Å²) in [5.41, 5.74) is 1.23. The summed E-state index contributed by atoms with van der Waals surface area (Å²) in [4.78, 5) is 12.2. The van der Waals surface area contributed by atoms with E-state index in [0.29, 0.717) is 6.04 Å². The van der Waals surface area contributed by atoms with Crippen molar-refractivity contribution in [2.75, 3.05) is 58.3 Å². The van der Waals surface area contributed by atoms with E-state index in [-0.39, 0.29) is 0 Å². The zero-order valence-electron chi connectivity index (χ0n) is 17.3. The Kier molecular flexibility index (Phi) is 6.83. The predicted molar refractivity (Wildman–Crippen MR) is 113 cm³/mol. The average Bonchev–Trinajstić information content (AvgIpc) is 3.56. The Morgan fingerprint density at radius 1 is 1.30 bits per heavy atom. The van der Waals surface area contributed by atoms with E-state index in [1.807, 2.05) is 6.07 Å². The number of benzene rings is 1. The zero-order valence-corrected chi connectivity index (χ0v) is 17.3. The van der Waals surface area contributed by atoms with Crippen LogP contribution in [-0.2, 0) is 0 Å². The summed E-state index contributed by atoms with van der Waals surface area (Å²) in [5, 5.41) is 3.48. The topological polar surface area (TPSA) is 43.3 Å². The number of rotatable bonds is 7. The molecule has 6 nitrogen and oxygen atoms in total. The van der Waals surface area contributed by atoms with Crippen LogP contribution < -0.4 is 15.0 Å². The Morgan fingerprint density at radius 3 is 2.67 bits per heavy atom. The van der Waals surface area contributed by atoms with Crippen LogP contribution in [-0.4, -0.2) is 81.3 Å². The molecule has 0 spiro atoms. The van der Waals surface area contributed by atoms with E-state index in [1.165, 1.54) is 18.5 Å². The lowest BCUT2D eigenvalue weighted by molar-refractivity contribution is 0.252. The number of guanidine groups is 1. The van der Waals surface area contributed by atoms with Gasteiger partial charge in [0.1, 0.15) is 5.75 Å². The molecule has 150 valence electrons. The van der Waals surface area contributed by atoms with Gasteiger partial charge in [0.2, 0.25) is 0 Å². The molecule has 1 saturated carbocycles. The van der Waals surface area contributed by atoms with Gasteiger partial charge in [0.25, 0.3) is 0 Å². The van der Waals surface area contributed by atoms with Crippen molar-refractivity contribution in [2.45, 2.75) is 38.8 Å². The lowest BCUT2D eigenvalue weighted by Gasteiger charge is -2.38. The Balaban J connectivity index is 1.56. The van der Waals surface area contributed by atoms with Gasteiger partial charge in [0, 0.05) is 56.6 Å². The summed E-state index contributed by atoms with van der Waals surface area (Å²) >= 11 is 0. The number of methoxy groups -OCH3 is 1. The van der Waals surface area contributed by atoms with Crippen LogP contribution in [0.5, 0.6) is 5.75 Å². The number of hydrogen-bond donors (Lipinski definition) is 1. The van der Waals surface area contributed by atoms with Crippen molar-refractivity contribution in [2.24, 2.45) is 4.99 Å². The number of ether oxygens (including phenoxy) is 1. The van der Waals surface area contributed by atoms with E-state index >= 15 is 0 Å². The largest absolute Gasteiger partial charge is 0.497 e. The minimum Gasteiger partial charge on any atom is -0.497 e. The van der Waals surface area contributed by atoms with E-state index in [2.05, 4.69) is 59.1 Å². The minimum absolute atomic E-state index is 0.490. The number of nitrogens with zero attached hydrogens (tertiary/aromatic N) is 4. The summed E-state index contributed by atoms with van der Waals surface area (Å²) < 4.78 is 5.36. The van der Waals surface area contributed by atoms with Crippen molar-refractivity contribution in [1.82, 2.24) is 15.1 Å². The van der Waals surface area contributed by atoms with Gasteiger partial charge in [-0.05, 0) is 45.9 Å². The highest BCUT2D eigenvalue weighted by molar-refractivity contribution is 5.80. The monoisotopic (exact) mass is 373 g/mol. The summed E-state index contributed by atoms with van der Waals surface area (Å²) in [6.45, 7) is 10.1. The normalized spacial score (nSPS) is 19.4. The Bertz CT molecular complexity index is 623. The quantitative estimate of drug-likeness (QED) is 0.587. The molecule has 1 atom stereocenters. The van der Waals surface area contributed by atoms with Crippen LogP contribution >= 0.6 is 0 Å². The van der Waals surface area contributed by atoms with Gasteiger partial charge in [-0.2, -0.15) is 0 Å². The number of aliphatic imine (C=N–C) groups is 1. The number of piperazine rings is 1. The third-order valence-electron chi connectivity index (χ3n) is 5.66. The first-order valence-corrected chi connectivity index (χ1v) is 10.3. The molecule has 1 N–H and O–H groups in total. The Morgan fingerprint density at radius 2 is 2.04 bits per heavy atom. The van der Waals surface area contributed by atoms with Gasteiger partial charge < -0.3 is 19.9 Å². The highest BCUT2D eigenvalue weighted by Gasteiger charge is 2.29. The van der Waals surface area contributed by atoms with Crippen molar-refractivity contribution in [3.63, 3.8) is 0 Å². The van der Waals surface area contributed by atoms with E-state index in [0.717, 1.165) is 57.0 Å². The van der Waals surface area contributed by atoms with Gasteiger partial charge in [-0.1, -0.05) is 6.07 Å². The number of hydrogen-bond acceptors (Lipinski definition) is 4. The summed E-state index contributed by atoms with van der Waals surface area (Å²) in [7, 11) is 3.95. The first-order chi connectivity index (χ1) is 13.1. The fraction of sp³-hybridized carbons (Fsp3) is 0.667. The molecule has 0 radical (unpaired) electrons. The number of anilines is 1. The van der Waals surface area contributed by atoms with Gasteiger partial charge >= 0.3 is 0 Å². The molecule has 1 saturated heterocycles. The molecule has 1 aliphatic heterocycles. The molecule has 1 aromatic rings. The Labute approximate surface area is 164 Å². The molecule has 6 heteroatoms. The predicted octanol–water partition coefficient (Wildman–Crippen LogP) is 2.27. The maximum atomic E-state index is 5.36. The van der Waals surface area contributed by atoms with E-state index in [9.17, 15) is 0 Å². The molecule has 0 amide bonds. The van der Waals surface area contributed by atoms with E-state index in [1.54, 1.807) is 7.11 Å². The van der Waals surface area contributed by atoms with Crippen molar-refractivity contribution < 1.29 is 4.74 Å². The second-order valence-electron chi connectivity index (χ2n) is 7.62. The molecular weight excluding hydrogens is 338 g/mol. The maximum absolute atomic E-state index is 5.36. The smallest absolute Gasteiger partial charge is 0.194 e. The van der Waals surface area contributed by atoms with Gasteiger partial charge in [-0.15, -0.1) is 0 Å². The molecule has 2 aliphatic rings. The van der Waals surface area contributed by atoms with Gasteiger partial charge in [-0.25, -0.2) is 0 Å². The molecule has 27 heavy (non-hydrogen) atoms. The van der Waals surface area contributed by atoms with Crippen molar-refractivity contribution in [3.8, 4) is 5.75 Å². The Hall–Kier alpha value is -1.95. The highest BCUT2D eigenvalue weighted by atomic mass is 16.5. The molecule has 0 bridgehead atoms. The van der Waals surface area contributed by atoms with Crippen molar-refractivity contribution >= 4 is 11.6 Å². The van der Waals surface area contributed by atoms with Crippen LogP contribution in [0, 0.1) is 0 Å². The molecule has 1 unspecified atom stereocenters. The summed E-state index contributed by atoms with van der Waals surface area (Å²) in [6, 6.07) is 9.60. The molecule has 0 aromatic heterocycles. The van der Waals surface area contributed by atoms with Crippen LogP contribution in [0.4, 0.5) is 5.69 Å². The van der Waals surface area contributed by atoms with Crippen LogP contribution in [0.1, 0.15) is 26.7 Å². The van der Waals surface area contributed by atoms with E-state index in [4.69, 9.17) is 9.73 Å². The van der Waals surface area contributed by atoms with Crippen LogP contribution in [0.25, 0.3) is 0 Å². The fourth-order valence-electron chi connectivity index (χ4n) is 3.60. The van der Waals surface area contributed by atoms with Crippen LogP contribution in [0.3, 0.4) is 0 Å². The number of nitrogens with one attached hydrogen (secondary N) is 1. The fourth-order valence-corrected chi connectivity index (χ4v) is 3.60. The molecule has 1 heterocycles. The standard InChI is InChI=1S/C21H35N5O/c1-5-22-21(23-16-17(2)24(3)18-9-10-18)26-13-11-25(12-14-26)19-7-6-8-20(15-19)27-4/h6-8,15,17-18H,5,9-14,16H2,1-4H3,(H,22,23). The maximum Gasteiger partial charge on any atom is 0.194 e. The average molecular weight is 374 g/mol. The molecule has 1 aliphatic carbocycles. The first-order valence-electron chi connectivity index (χ1n) is 10.3. The van der Waals surface area contributed by atoms with Crippen LogP contribution in [0.2, 0.25) is 0 Å². The second kappa shape index (κ2) is 9.31. The van der Waals surface area contributed by atoms with Gasteiger partial charge in [0.15, 0.2) is 5.96 Å². The van der Waals surface area contributed by atoms with Gasteiger partial charge in [0.05, 0.1) is 13.7 Å². The van der Waals surface area contributed by atoms with Gasteiger partial charge in [-0.3, -0.25) is 9.89 Å². The summed E-state index contributed by atoms with van der Waals surface area (Å²) in [6.07, 6.45) is 2.69. The highest BCUT2D eigenvalue weighted by Crippen LogP contribution is 2.27. The second-order valence-corrected chi connectivity index (χ2v) is 7.62. The first kappa shape index (κ1) is 19.8. The number of likely N-dealkylation sites (N-methyl/N-ethyl adjacent to an activating group) is 1.